The molecule has 0 aliphatic carbocycles. The standard InChI is InChI=1S/C8H13N3/c1-9-11(10-2)8-6-4-3-5-7-8/h3-7,9-10H,1-2H3. The van der Waals surface area contributed by atoms with Crippen LogP contribution in [0, 0.1) is 0 Å². The Labute approximate surface area is 67.0 Å². The number of hydrazine groups is 2. The second kappa shape index (κ2) is 3.95. The molecule has 0 aliphatic rings. The number of rotatable bonds is 3. The average molecular weight is 151 g/mol. The van der Waals surface area contributed by atoms with E-state index in [1.54, 1.807) is 0 Å². The van der Waals surface area contributed by atoms with Gasteiger partial charge in [-0.3, -0.25) is 0 Å². The summed E-state index contributed by atoms with van der Waals surface area (Å²) in [5, 5.41) is 1.83. The molecule has 0 saturated carbocycles. The Bertz CT molecular complexity index is 194. The third-order valence-corrected chi connectivity index (χ3v) is 1.46. The predicted octanol–water partition coefficient (Wildman–Crippen LogP) is 0.762. The molecule has 0 radical (unpaired) electrons. The van der Waals surface area contributed by atoms with Crippen LogP contribution in [0.2, 0.25) is 0 Å². The van der Waals surface area contributed by atoms with Crippen LogP contribution in [0.3, 0.4) is 0 Å². The van der Waals surface area contributed by atoms with Crippen LogP contribution in [0.5, 0.6) is 0 Å². The molecule has 1 rings (SSSR count). The second-order valence-corrected chi connectivity index (χ2v) is 2.12. The highest BCUT2D eigenvalue weighted by Crippen LogP contribution is 2.06. The van der Waals surface area contributed by atoms with Gasteiger partial charge in [-0.15, -0.1) is 0 Å². The minimum Gasteiger partial charge on any atom is -0.242 e. The zero-order valence-electron chi connectivity index (χ0n) is 6.83. The number of hydrogen-bond acceptors (Lipinski definition) is 3. The zero-order valence-corrected chi connectivity index (χ0v) is 6.83. The highest BCUT2D eigenvalue weighted by Gasteiger charge is 1.96. The van der Waals surface area contributed by atoms with Crippen molar-refractivity contribution in [3.05, 3.63) is 30.3 Å². The maximum atomic E-state index is 2.99. The molecule has 0 fully saturated rings. The molecule has 3 nitrogen and oxygen atoms in total. The van der Waals surface area contributed by atoms with Crippen molar-refractivity contribution in [2.24, 2.45) is 0 Å². The van der Waals surface area contributed by atoms with Crippen molar-refractivity contribution in [1.82, 2.24) is 10.9 Å². The molecule has 60 valence electrons. The third-order valence-electron chi connectivity index (χ3n) is 1.46. The van der Waals surface area contributed by atoms with Crippen LogP contribution in [0.25, 0.3) is 0 Å². The number of nitrogens with zero attached hydrogens (tertiary/aromatic N) is 1. The topological polar surface area (TPSA) is 27.3 Å². The van der Waals surface area contributed by atoms with Crippen LogP contribution in [-0.4, -0.2) is 14.1 Å². The first-order valence-corrected chi connectivity index (χ1v) is 3.58. The quantitative estimate of drug-likeness (QED) is 0.625. The number of nitrogens with one attached hydrogen (secondary N) is 2. The van der Waals surface area contributed by atoms with E-state index < -0.39 is 0 Å². The van der Waals surface area contributed by atoms with Gasteiger partial charge in [-0.05, 0) is 12.1 Å². The lowest BCUT2D eigenvalue weighted by molar-refractivity contribution is 0.624. The van der Waals surface area contributed by atoms with E-state index in [-0.39, 0.29) is 0 Å². The fraction of sp³-hybridized carbons (Fsp3) is 0.250. The van der Waals surface area contributed by atoms with E-state index in [2.05, 4.69) is 10.9 Å². The van der Waals surface area contributed by atoms with Crippen LogP contribution in [0.15, 0.2) is 30.3 Å². The Balaban J connectivity index is 2.74. The SMILES string of the molecule is CNN(NC)c1ccccc1. The van der Waals surface area contributed by atoms with Crippen molar-refractivity contribution < 1.29 is 0 Å². The normalized spacial score (nSPS) is 9.64. The van der Waals surface area contributed by atoms with Gasteiger partial charge < -0.3 is 0 Å². The zero-order chi connectivity index (χ0) is 8.10. The summed E-state index contributed by atoms with van der Waals surface area (Å²) in [6, 6.07) is 10.0. The van der Waals surface area contributed by atoms with Gasteiger partial charge in [0.05, 0.1) is 5.69 Å². The molecule has 0 bridgehead atoms. The van der Waals surface area contributed by atoms with E-state index in [1.165, 1.54) is 0 Å². The molecule has 0 unspecified atom stereocenters. The predicted molar refractivity (Wildman–Crippen MR) is 47.0 cm³/mol. The fourth-order valence-electron chi connectivity index (χ4n) is 0.947. The van der Waals surface area contributed by atoms with Crippen LogP contribution in [-0.2, 0) is 0 Å². The van der Waals surface area contributed by atoms with Crippen LogP contribution in [0.4, 0.5) is 5.69 Å². The summed E-state index contributed by atoms with van der Waals surface area (Å²) in [6.45, 7) is 0. The van der Waals surface area contributed by atoms with E-state index in [9.17, 15) is 0 Å². The first kappa shape index (κ1) is 8.04. The van der Waals surface area contributed by atoms with Gasteiger partial charge in [-0.1, -0.05) is 18.2 Å². The van der Waals surface area contributed by atoms with Crippen molar-refractivity contribution in [2.45, 2.75) is 0 Å². The highest BCUT2D eigenvalue weighted by molar-refractivity contribution is 5.43. The Morgan fingerprint density at radius 1 is 1.00 bits per heavy atom. The van der Waals surface area contributed by atoms with Crippen molar-refractivity contribution in [1.29, 1.82) is 0 Å². The Morgan fingerprint density at radius 3 is 2.00 bits per heavy atom. The van der Waals surface area contributed by atoms with E-state index in [4.69, 9.17) is 0 Å². The van der Waals surface area contributed by atoms with Crippen LogP contribution in [0.1, 0.15) is 0 Å². The second-order valence-electron chi connectivity index (χ2n) is 2.12. The number of anilines is 1. The minimum atomic E-state index is 1.09. The van der Waals surface area contributed by atoms with Crippen LogP contribution >= 0.6 is 0 Å². The fourth-order valence-corrected chi connectivity index (χ4v) is 0.947. The molecule has 0 aliphatic heterocycles. The summed E-state index contributed by atoms with van der Waals surface area (Å²) >= 11 is 0. The van der Waals surface area contributed by atoms with Crippen molar-refractivity contribution in [3.63, 3.8) is 0 Å². The van der Waals surface area contributed by atoms with Gasteiger partial charge in [-0.2, -0.15) is 0 Å². The van der Waals surface area contributed by atoms with E-state index in [1.807, 2.05) is 49.5 Å². The van der Waals surface area contributed by atoms with E-state index in [0.29, 0.717) is 0 Å². The monoisotopic (exact) mass is 151 g/mol. The molecule has 0 aromatic heterocycles. The molecule has 1 aromatic carbocycles. The Kier molecular flexibility index (Phi) is 2.89. The number of para-hydroxylation sites is 1. The smallest absolute Gasteiger partial charge is 0.0701 e. The number of benzene rings is 1. The molecule has 0 amide bonds. The van der Waals surface area contributed by atoms with Gasteiger partial charge in [0.25, 0.3) is 0 Å². The molecule has 0 spiro atoms. The average Bonchev–Trinajstić information content (AvgIpc) is 2.09. The molecular weight excluding hydrogens is 138 g/mol. The summed E-state index contributed by atoms with van der Waals surface area (Å²) in [4.78, 5) is 0. The molecule has 0 atom stereocenters. The number of hydrogen-bond donors (Lipinski definition) is 2. The van der Waals surface area contributed by atoms with Crippen molar-refractivity contribution in [3.8, 4) is 0 Å². The first-order valence-electron chi connectivity index (χ1n) is 3.58. The summed E-state index contributed by atoms with van der Waals surface area (Å²) < 4.78 is 0. The summed E-state index contributed by atoms with van der Waals surface area (Å²) in [5.41, 5.74) is 7.08. The lowest BCUT2D eigenvalue weighted by Gasteiger charge is -2.21. The van der Waals surface area contributed by atoms with Gasteiger partial charge >= 0.3 is 0 Å². The molecular formula is C8H13N3. The van der Waals surface area contributed by atoms with E-state index >= 15 is 0 Å². The molecule has 0 saturated heterocycles. The van der Waals surface area contributed by atoms with Gasteiger partial charge in [-0.25, -0.2) is 16.0 Å². The van der Waals surface area contributed by atoms with Gasteiger partial charge in [0.2, 0.25) is 0 Å². The lowest BCUT2D eigenvalue weighted by atomic mass is 10.3. The minimum absolute atomic E-state index is 1.09. The molecule has 1 aromatic rings. The Morgan fingerprint density at radius 2 is 1.55 bits per heavy atom. The van der Waals surface area contributed by atoms with Crippen LogP contribution < -0.4 is 16.0 Å². The van der Waals surface area contributed by atoms with Crippen molar-refractivity contribution in [2.75, 3.05) is 19.2 Å². The van der Waals surface area contributed by atoms with Gasteiger partial charge in [0.1, 0.15) is 0 Å². The van der Waals surface area contributed by atoms with E-state index in [0.717, 1.165) is 5.69 Å². The van der Waals surface area contributed by atoms with Crippen molar-refractivity contribution >= 4 is 5.69 Å². The Hall–Kier alpha value is -1.06. The molecule has 3 heteroatoms. The van der Waals surface area contributed by atoms with Gasteiger partial charge in [0.15, 0.2) is 0 Å². The summed E-state index contributed by atoms with van der Waals surface area (Å²) in [5.74, 6) is 0. The highest BCUT2D eigenvalue weighted by atomic mass is 15.7. The van der Waals surface area contributed by atoms with Gasteiger partial charge in [0, 0.05) is 14.1 Å². The molecule has 11 heavy (non-hydrogen) atoms. The largest absolute Gasteiger partial charge is 0.242 e. The summed E-state index contributed by atoms with van der Waals surface area (Å²) in [7, 11) is 3.73. The maximum absolute atomic E-state index is 2.99. The lowest BCUT2D eigenvalue weighted by Crippen LogP contribution is -2.44. The maximum Gasteiger partial charge on any atom is 0.0701 e. The third kappa shape index (κ3) is 1.93. The summed E-state index contributed by atoms with van der Waals surface area (Å²) in [6.07, 6.45) is 0. The first-order chi connectivity index (χ1) is 5.38. The molecule has 2 N–H and O–H groups in total. The molecule has 0 heterocycles.